The number of aliphatic hydroxyl groups is 1. The van der Waals surface area contributed by atoms with E-state index in [0.717, 1.165) is 13.0 Å². The lowest BCUT2D eigenvalue weighted by Gasteiger charge is -2.72. The zero-order chi connectivity index (χ0) is 20.6. The number of aliphatic hydroxyl groups excluding tert-OH is 1. The number of rotatable bonds is 10. The van der Waals surface area contributed by atoms with Crippen LogP contribution in [-0.4, -0.2) is 24.4 Å². The second-order valence-electron chi connectivity index (χ2n) is 9.94. The predicted molar refractivity (Wildman–Crippen MR) is 123 cm³/mol. The Morgan fingerprint density at radius 1 is 0.967 bits per heavy atom. The average Bonchev–Trinajstić information content (AvgIpc) is 3.46. The van der Waals surface area contributed by atoms with E-state index < -0.39 is 0 Å². The van der Waals surface area contributed by atoms with Crippen molar-refractivity contribution in [2.24, 2.45) is 11.3 Å². The van der Waals surface area contributed by atoms with Crippen LogP contribution in [0, 0.1) is 11.3 Å². The molecule has 2 bridgehead atoms. The fourth-order valence-electron chi connectivity index (χ4n) is 6.02. The molecule has 0 spiro atoms. The maximum absolute atomic E-state index is 9.00. The SMILES string of the molecule is CCO[C@@H]1C[C@H]1/C=C\c1ccc(-c2ccc(C34CC(CCCCO)(C3)C4)cc2)cc1. The minimum Gasteiger partial charge on any atom is -0.396 e. The van der Waals surface area contributed by atoms with Crippen LogP contribution in [0.15, 0.2) is 54.6 Å². The molecule has 0 amide bonds. The molecular weight excluding hydrogens is 368 g/mol. The number of benzene rings is 2. The molecule has 2 aromatic rings. The first-order valence-corrected chi connectivity index (χ1v) is 11.8. The van der Waals surface area contributed by atoms with Gasteiger partial charge in [-0.25, -0.2) is 0 Å². The molecule has 0 aliphatic heterocycles. The molecule has 0 unspecified atom stereocenters. The summed E-state index contributed by atoms with van der Waals surface area (Å²) in [6.45, 7) is 3.22. The van der Waals surface area contributed by atoms with Gasteiger partial charge in [-0.15, -0.1) is 0 Å². The highest BCUT2D eigenvalue weighted by Crippen LogP contribution is 2.75. The van der Waals surface area contributed by atoms with E-state index in [0.29, 0.717) is 29.5 Å². The van der Waals surface area contributed by atoms with Gasteiger partial charge in [0.1, 0.15) is 0 Å². The molecule has 2 nitrogen and oxygen atoms in total. The van der Waals surface area contributed by atoms with E-state index in [4.69, 9.17) is 9.84 Å². The van der Waals surface area contributed by atoms with E-state index in [1.54, 1.807) is 0 Å². The van der Waals surface area contributed by atoms with Crippen molar-refractivity contribution in [1.29, 1.82) is 0 Å². The van der Waals surface area contributed by atoms with Crippen molar-refractivity contribution < 1.29 is 9.84 Å². The first kappa shape index (κ1) is 20.0. The van der Waals surface area contributed by atoms with E-state index in [1.165, 1.54) is 60.8 Å². The summed E-state index contributed by atoms with van der Waals surface area (Å²) in [5.41, 5.74) is 6.46. The summed E-state index contributed by atoms with van der Waals surface area (Å²) in [7, 11) is 0. The second kappa shape index (κ2) is 7.98. The standard InChI is InChI=1S/C28H34O2/c1-2-30-26-17-24(26)10-7-21-5-8-22(9-6-21)23-11-13-25(14-12-23)28-18-27(19-28,20-28)15-3-4-16-29/h5-14,24,26,29H,2-4,15-20H2,1H3/b10-7-/t24-,26-,27?,28?/m1/s1. The summed E-state index contributed by atoms with van der Waals surface area (Å²) in [4.78, 5) is 0. The van der Waals surface area contributed by atoms with E-state index in [1.807, 2.05) is 0 Å². The van der Waals surface area contributed by atoms with Crippen LogP contribution in [0.5, 0.6) is 0 Å². The van der Waals surface area contributed by atoms with Gasteiger partial charge in [-0.3, -0.25) is 0 Å². The van der Waals surface area contributed by atoms with E-state index >= 15 is 0 Å². The summed E-state index contributed by atoms with van der Waals surface area (Å²) in [5.74, 6) is 0.600. The largest absolute Gasteiger partial charge is 0.396 e. The first-order chi connectivity index (χ1) is 14.7. The minimum absolute atomic E-state index is 0.342. The summed E-state index contributed by atoms with van der Waals surface area (Å²) < 4.78 is 5.65. The predicted octanol–water partition coefficient (Wildman–Crippen LogP) is 6.38. The van der Waals surface area contributed by atoms with Crippen molar-refractivity contribution in [2.45, 2.75) is 63.4 Å². The molecule has 2 aromatic carbocycles. The third kappa shape index (κ3) is 3.76. The molecule has 2 heteroatoms. The molecule has 4 fully saturated rings. The molecule has 0 radical (unpaired) electrons. The van der Waals surface area contributed by atoms with E-state index in [9.17, 15) is 0 Å². The van der Waals surface area contributed by atoms with Crippen LogP contribution in [-0.2, 0) is 10.2 Å². The van der Waals surface area contributed by atoms with Crippen LogP contribution in [0.3, 0.4) is 0 Å². The maximum Gasteiger partial charge on any atom is 0.0645 e. The molecule has 4 aliphatic carbocycles. The Labute approximate surface area is 181 Å². The van der Waals surface area contributed by atoms with Crippen LogP contribution in [0.1, 0.15) is 63.0 Å². The van der Waals surface area contributed by atoms with E-state index in [2.05, 4.69) is 67.6 Å². The zero-order valence-electron chi connectivity index (χ0n) is 18.1. The van der Waals surface area contributed by atoms with Crippen LogP contribution in [0.25, 0.3) is 17.2 Å². The van der Waals surface area contributed by atoms with Gasteiger partial charge in [0.2, 0.25) is 0 Å². The van der Waals surface area contributed by atoms with Crippen LogP contribution in [0.2, 0.25) is 0 Å². The molecule has 0 saturated heterocycles. The highest BCUT2D eigenvalue weighted by molar-refractivity contribution is 5.66. The van der Waals surface area contributed by atoms with Crippen molar-refractivity contribution in [2.75, 3.05) is 13.2 Å². The summed E-state index contributed by atoms with van der Waals surface area (Å²) in [6, 6.07) is 18.2. The van der Waals surface area contributed by atoms with Gasteiger partial charge in [0, 0.05) is 19.1 Å². The Morgan fingerprint density at radius 3 is 2.27 bits per heavy atom. The third-order valence-corrected chi connectivity index (χ3v) is 7.69. The third-order valence-electron chi connectivity index (χ3n) is 7.69. The van der Waals surface area contributed by atoms with Crippen molar-refractivity contribution >= 4 is 6.08 Å². The van der Waals surface area contributed by atoms with Gasteiger partial charge in [-0.2, -0.15) is 0 Å². The fourth-order valence-corrected chi connectivity index (χ4v) is 6.02. The molecule has 6 rings (SSSR count). The lowest BCUT2D eigenvalue weighted by atomic mass is 9.32. The van der Waals surface area contributed by atoms with Crippen molar-refractivity contribution in [3.63, 3.8) is 0 Å². The van der Waals surface area contributed by atoms with Gasteiger partial charge >= 0.3 is 0 Å². The summed E-state index contributed by atoms with van der Waals surface area (Å²) in [5, 5.41) is 9.00. The molecule has 4 saturated carbocycles. The van der Waals surface area contributed by atoms with Crippen LogP contribution < -0.4 is 0 Å². The number of hydrogen-bond acceptors (Lipinski definition) is 2. The van der Waals surface area contributed by atoms with Crippen molar-refractivity contribution in [3.8, 4) is 11.1 Å². The highest BCUT2D eigenvalue weighted by atomic mass is 16.5. The molecule has 1 N–H and O–H groups in total. The van der Waals surface area contributed by atoms with Gasteiger partial charge in [-0.05, 0) is 78.5 Å². The molecule has 4 aliphatic rings. The highest BCUT2D eigenvalue weighted by Gasteiger charge is 2.67. The molecule has 0 heterocycles. The van der Waals surface area contributed by atoms with E-state index in [-0.39, 0.29) is 0 Å². The molecule has 0 aromatic heterocycles. The van der Waals surface area contributed by atoms with Gasteiger partial charge in [0.15, 0.2) is 0 Å². The Morgan fingerprint density at radius 2 is 1.63 bits per heavy atom. The zero-order valence-corrected chi connectivity index (χ0v) is 18.1. The fraction of sp³-hybridized carbons (Fsp3) is 0.500. The Bertz CT molecular complexity index is 873. The smallest absolute Gasteiger partial charge is 0.0645 e. The first-order valence-electron chi connectivity index (χ1n) is 11.8. The average molecular weight is 403 g/mol. The number of hydrogen-bond donors (Lipinski definition) is 1. The van der Waals surface area contributed by atoms with Crippen LogP contribution in [0.4, 0.5) is 0 Å². The van der Waals surface area contributed by atoms with Crippen LogP contribution >= 0.6 is 0 Å². The van der Waals surface area contributed by atoms with Crippen molar-refractivity contribution in [3.05, 3.63) is 65.7 Å². The lowest BCUT2D eigenvalue weighted by molar-refractivity contribution is -0.147. The lowest BCUT2D eigenvalue weighted by Crippen LogP contribution is -2.64. The van der Waals surface area contributed by atoms with Gasteiger partial charge in [-0.1, -0.05) is 67.1 Å². The van der Waals surface area contributed by atoms with Gasteiger partial charge in [0.05, 0.1) is 6.10 Å². The number of unbranched alkanes of at least 4 members (excludes halogenated alkanes) is 1. The number of ether oxygens (including phenoxy) is 1. The van der Waals surface area contributed by atoms with Gasteiger partial charge in [0.25, 0.3) is 0 Å². The second-order valence-corrected chi connectivity index (χ2v) is 9.94. The Kier molecular flexibility index (Phi) is 5.33. The monoisotopic (exact) mass is 402 g/mol. The summed E-state index contributed by atoms with van der Waals surface area (Å²) >= 11 is 0. The normalized spacial score (nSPS) is 31.4. The quantitative estimate of drug-likeness (QED) is 0.468. The summed E-state index contributed by atoms with van der Waals surface area (Å²) in [6.07, 6.45) is 13.7. The Balaban J connectivity index is 1.16. The maximum atomic E-state index is 9.00. The molecule has 30 heavy (non-hydrogen) atoms. The molecular formula is C28H34O2. The van der Waals surface area contributed by atoms with Crippen molar-refractivity contribution in [1.82, 2.24) is 0 Å². The van der Waals surface area contributed by atoms with Gasteiger partial charge < -0.3 is 9.84 Å². The Hall–Kier alpha value is -1.90. The topological polar surface area (TPSA) is 29.5 Å². The molecule has 2 atom stereocenters. The molecule has 158 valence electrons. The minimum atomic E-state index is 0.342.